The molecule has 3 aliphatic rings. The highest BCUT2D eigenvalue weighted by Crippen LogP contribution is 2.54. The number of nitrogens with zero attached hydrogens (tertiary/aromatic N) is 6. The molecular formula is C25H27BrF2N6. The van der Waals surface area contributed by atoms with Crippen LogP contribution in [0.5, 0.6) is 0 Å². The molecule has 1 saturated carbocycles. The van der Waals surface area contributed by atoms with Crippen LogP contribution in [0.4, 0.5) is 20.3 Å². The van der Waals surface area contributed by atoms with Gasteiger partial charge in [-0.1, -0.05) is 27.2 Å². The number of rotatable bonds is 4. The van der Waals surface area contributed by atoms with Gasteiger partial charge in [-0.25, -0.2) is 18.4 Å². The molecule has 34 heavy (non-hydrogen) atoms. The molecule has 9 heteroatoms. The second-order valence-electron chi connectivity index (χ2n) is 9.89. The zero-order valence-electron chi connectivity index (χ0n) is 18.9. The van der Waals surface area contributed by atoms with E-state index in [0.717, 1.165) is 28.8 Å². The Morgan fingerprint density at radius 1 is 0.824 bits per heavy atom. The lowest BCUT2D eigenvalue weighted by Crippen LogP contribution is -2.39. The van der Waals surface area contributed by atoms with E-state index in [1.165, 1.54) is 31.4 Å². The molecule has 2 aromatic heterocycles. The summed E-state index contributed by atoms with van der Waals surface area (Å²) in [5.74, 6) is -1.26. The Balaban J connectivity index is 1.25. The first-order valence-electron chi connectivity index (χ1n) is 12.0. The highest BCUT2D eigenvalue weighted by molar-refractivity contribution is 9.10. The Hall–Kier alpha value is -2.55. The summed E-state index contributed by atoms with van der Waals surface area (Å²) in [4.78, 5) is 9.07. The van der Waals surface area contributed by atoms with Gasteiger partial charge in [-0.3, -0.25) is 0 Å². The third-order valence-electron chi connectivity index (χ3n) is 7.62. The van der Waals surface area contributed by atoms with Crippen molar-refractivity contribution in [3.63, 3.8) is 0 Å². The molecule has 6 nitrogen and oxygen atoms in total. The van der Waals surface area contributed by atoms with Gasteiger partial charge in [0.1, 0.15) is 11.5 Å². The molecule has 4 heterocycles. The highest BCUT2D eigenvalue weighted by Gasteiger charge is 2.44. The molecule has 0 atom stereocenters. The first kappa shape index (κ1) is 21.9. The zero-order valence-corrected chi connectivity index (χ0v) is 20.5. The fourth-order valence-electron chi connectivity index (χ4n) is 5.16. The quantitative estimate of drug-likeness (QED) is 0.434. The van der Waals surface area contributed by atoms with Crippen LogP contribution in [-0.4, -0.2) is 52.1 Å². The van der Waals surface area contributed by atoms with Crippen molar-refractivity contribution in [1.29, 1.82) is 0 Å². The van der Waals surface area contributed by atoms with Crippen LogP contribution < -0.4 is 9.80 Å². The second kappa shape index (κ2) is 8.29. The smallest absolute Gasteiger partial charge is 0.251 e. The minimum absolute atomic E-state index is 0.143. The highest BCUT2D eigenvalue weighted by atomic mass is 79.9. The summed E-state index contributed by atoms with van der Waals surface area (Å²) < 4.78 is 29.8. The van der Waals surface area contributed by atoms with Crippen LogP contribution in [0.15, 0.2) is 47.1 Å². The maximum absolute atomic E-state index is 13.6. The van der Waals surface area contributed by atoms with E-state index in [1.54, 1.807) is 4.68 Å². The first-order valence-corrected chi connectivity index (χ1v) is 12.8. The van der Waals surface area contributed by atoms with Crippen molar-refractivity contribution in [1.82, 2.24) is 20.0 Å². The van der Waals surface area contributed by atoms with Gasteiger partial charge < -0.3 is 9.80 Å². The molecule has 2 saturated heterocycles. The summed E-state index contributed by atoms with van der Waals surface area (Å²) in [7, 11) is 0. The number of hydrogen-bond donors (Lipinski definition) is 0. The predicted molar refractivity (Wildman–Crippen MR) is 132 cm³/mol. The molecule has 0 N–H and O–H groups in total. The van der Waals surface area contributed by atoms with E-state index in [-0.39, 0.29) is 12.8 Å². The van der Waals surface area contributed by atoms with Crippen molar-refractivity contribution in [3.8, 4) is 17.1 Å². The minimum Gasteiger partial charge on any atom is -0.371 e. The molecule has 6 rings (SSSR count). The van der Waals surface area contributed by atoms with Crippen LogP contribution in [0.25, 0.3) is 17.1 Å². The molecule has 0 bridgehead atoms. The number of pyridine rings is 1. The van der Waals surface area contributed by atoms with Crippen LogP contribution in [0, 0.1) is 5.41 Å². The van der Waals surface area contributed by atoms with Gasteiger partial charge in [-0.2, -0.15) is 0 Å². The van der Waals surface area contributed by atoms with E-state index in [1.807, 2.05) is 35.4 Å². The van der Waals surface area contributed by atoms with Crippen LogP contribution in [0.2, 0.25) is 0 Å². The Labute approximate surface area is 206 Å². The van der Waals surface area contributed by atoms with Gasteiger partial charge in [0.2, 0.25) is 0 Å². The van der Waals surface area contributed by atoms with Crippen LogP contribution in [-0.2, 0) is 0 Å². The van der Waals surface area contributed by atoms with E-state index >= 15 is 0 Å². The van der Waals surface area contributed by atoms with Crippen molar-refractivity contribution in [2.75, 3.05) is 36.0 Å². The number of benzene rings is 1. The molecule has 0 unspecified atom stereocenters. The van der Waals surface area contributed by atoms with Gasteiger partial charge in [0.15, 0.2) is 5.82 Å². The van der Waals surface area contributed by atoms with Crippen molar-refractivity contribution in [2.45, 2.75) is 44.4 Å². The van der Waals surface area contributed by atoms with Crippen molar-refractivity contribution in [3.05, 3.63) is 47.1 Å². The molecule has 178 valence electrons. The summed E-state index contributed by atoms with van der Waals surface area (Å²) in [5, 5.41) is 8.82. The van der Waals surface area contributed by atoms with E-state index in [2.05, 4.69) is 43.3 Å². The van der Waals surface area contributed by atoms with E-state index in [9.17, 15) is 8.78 Å². The molecule has 1 spiro atoms. The van der Waals surface area contributed by atoms with Crippen LogP contribution in [0.3, 0.4) is 0 Å². The maximum atomic E-state index is 13.6. The fourth-order valence-corrected chi connectivity index (χ4v) is 5.51. The van der Waals surface area contributed by atoms with Crippen molar-refractivity contribution >= 4 is 27.4 Å². The zero-order chi connectivity index (χ0) is 23.3. The van der Waals surface area contributed by atoms with Gasteiger partial charge in [0.25, 0.3) is 5.92 Å². The van der Waals surface area contributed by atoms with E-state index < -0.39 is 5.92 Å². The average molecular weight is 529 g/mol. The standard InChI is InChI=1S/C25H27BrF2N6/c26-18-4-5-19(21(16-18)32-12-8-24(6-7-24)9-13-32)20-17-34(31-30-20)23-3-1-2-22(29-23)33-14-10-25(27,28)11-15-33/h1-5,16-17H,6-15H2. The third-order valence-corrected chi connectivity index (χ3v) is 8.12. The van der Waals surface area contributed by atoms with Gasteiger partial charge in [0, 0.05) is 54.7 Å². The summed E-state index contributed by atoms with van der Waals surface area (Å²) >= 11 is 3.64. The fraction of sp³-hybridized carbons (Fsp3) is 0.480. The van der Waals surface area contributed by atoms with Crippen molar-refractivity contribution in [2.24, 2.45) is 5.41 Å². The van der Waals surface area contributed by atoms with Gasteiger partial charge in [-0.05, 0) is 61.4 Å². The number of aromatic nitrogens is 4. The molecule has 3 fully saturated rings. The third kappa shape index (κ3) is 4.30. The maximum Gasteiger partial charge on any atom is 0.251 e. The first-order chi connectivity index (χ1) is 16.4. The summed E-state index contributed by atoms with van der Waals surface area (Å²) in [5.41, 5.74) is 3.63. The molecular weight excluding hydrogens is 502 g/mol. The Morgan fingerprint density at radius 2 is 1.53 bits per heavy atom. The molecule has 1 aliphatic carbocycles. The van der Waals surface area contributed by atoms with Crippen molar-refractivity contribution < 1.29 is 8.78 Å². The summed E-state index contributed by atoms with van der Waals surface area (Å²) in [6.45, 7) is 2.73. The van der Waals surface area contributed by atoms with Gasteiger partial charge in [0.05, 0.1) is 6.20 Å². The Kier molecular flexibility index (Phi) is 5.35. The van der Waals surface area contributed by atoms with Crippen LogP contribution >= 0.6 is 15.9 Å². The number of hydrogen-bond acceptors (Lipinski definition) is 5. The van der Waals surface area contributed by atoms with Crippen LogP contribution in [0.1, 0.15) is 38.5 Å². The predicted octanol–water partition coefficient (Wildman–Crippen LogP) is 5.71. The Morgan fingerprint density at radius 3 is 2.26 bits per heavy atom. The largest absolute Gasteiger partial charge is 0.371 e. The molecule has 3 aromatic rings. The summed E-state index contributed by atoms with van der Waals surface area (Å²) in [6.07, 6.45) is 6.89. The SMILES string of the molecule is FC1(F)CCN(c2cccc(-n3cc(-c4ccc(Br)cc4N4CCC5(CC4)CC5)nn3)n2)CC1. The molecule has 0 radical (unpaired) electrons. The number of halogens is 3. The monoisotopic (exact) mass is 528 g/mol. The molecule has 1 aromatic carbocycles. The average Bonchev–Trinajstić information content (AvgIpc) is 3.40. The Bertz CT molecular complexity index is 1190. The lowest BCUT2D eigenvalue weighted by Gasteiger charge is -2.35. The number of alkyl halides is 2. The van der Waals surface area contributed by atoms with E-state index in [4.69, 9.17) is 4.98 Å². The lowest BCUT2D eigenvalue weighted by molar-refractivity contribution is -0.0221. The molecule has 2 aliphatic heterocycles. The molecule has 0 amide bonds. The topological polar surface area (TPSA) is 50.1 Å². The van der Waals surface area contributed by atoms with Gasteiger partial charge >= 0.3 is 0 Å². The second-order valence-corrected chi connectivity index (χ2v) is 10.8. The number of anilines is 2. The minimum atomic E-state index is -2.58. The number of piperidine rings is 2. The summed E-state index contributed by atoms with van der Waals surface area (Å²) in [6, 6.07) is 11.9. The van der Waals surface area contributed by atoms with Gasteiger partial charge in [-0.15, -0.1) is 5.10 Å². The van der Waals surface area contributed by atoms with E-state index in [0.29, 0.717) is 30.1 Å². The lowest BCUT2D eigenvalue weighted by atomic mass is 9.93. The normalized spacial score (nSPS) is 21.1.